The minimum absolute atomic E-state index is 0.0313. The zero-order valence-electron chi connectivity index (χ0n) is 18.4. The molecule has 0 spiro atoms. The number of fused-ring (bicyclic) bond motifs is 1. The molecule has 3 N–H and O–H groups in total. The van der Waals surface area contributed by atoms with Crippen LogP contribution in [0.2, 0.25) is 5.02 Å². The van der Waals surface area contributed by atoms with Crippen molar-refractivity contribution in [3.63, 3.8) is 0 Å². The van der Waals surface area contributed by atoms with Crippen molar-refractivity contribution < 1.29 is 14.3 Å². The number of carbonyl (C=O) groups excluding carboxylic acids is 1. The Morgan fingerprint density at radius 3 is 2.62 bits per heavy atom. The van der Waals surface area contributed by atoms with Gasteiger partial charge in [0.15, 0.2) is 5.82 Å². The van der Waals surface area contributed by atoms with Gasteiger partial charge in [0, 0.05) is 17.3 Å². The molecule has 0 aliphatic heterocycles. The van der Waals surface area contributed by atoms with E-state index in [0.29, 0.717) is 16.7 Å². The average Bonchev–Trinajstić information content (AvgIpc) is 3.45. The predicted octanol–water partition coefficient (Wildman–Crippen LogP) is 3.88. The third-order valence-electron chi connectivity index (χ3n) is 5.84. The number of amides is 1. The molecule has 1 atom stereocenters. The highest BCUT2D eigenvalue weighted by molar-refractivity contribution is 6.30. The first-order chi connectivity index (χ1) is 15.0. The third kappa shape index (κ3) is 4.17. The van der Waals surface area contributed by atoms with Crippen molar-refractivity contribution in [3.05, 3.63) is 56.7 Å². The first-order valence-electron chi connectivity index (χ1n) is 10.6. The summed E-state index contributed by atoms with van der Waals surface area (Å²) in [4.78, 5) is 28.9. The van der Waals surface area contributed by atoms with Crippen LogP contribution in [0.1, 0.15) is 62.4 Å². The zero-order chi connectivity index (χ0) is 23.4. The van der Waals surface area contributed by atoms with Crippen molar-refractivity contribution in [1.82, 2.24) is 19.9 Å². The Balaban J connectivity index is 1.80. The largest absolute Gasteiger partial charge is 0.388 e. The lowest BCUT2D eigenvalue weighted by Crippen LogP contribution is -2.50. The van der Waals surface area contributed by atoms with Crippen LogP contribution in [0.15, 0.2) is 29.2 Å². The molecular weight excluding hydrogens is 435 g/mol. The second-order valence-corrected chi connectivity index (χ2v) is 9.69. The van der Waals surface area contributed by atoms with E-state index < -0.39 is 23.0 Å². The molecule has 1 aromatic carbocycles. The summed E-state index contributed by atoms with van der Waals surface area (Å²) in [6.07, 6.45) is 3.41. The summed E-state index contributed by atoms with van der Waals surface area (Å²) in [7, 11) is 0. The molecule has 1 saturated carbocycles. The molecule has 1 unspecified atom stereocenters. The first-order valence-corrected chi connectivity index (χ1v) is 11.0. The van der Waals surface area contributed by atoms with Crippen molar-refractivity contribution in [3.8, 4) is 11.4 Å². The molecule has 0 radical (unpaired) electrons. The summed E-state index contributed by atoms with van der Waals surface area (Å²) < 4.78 is 15.3. The van der Waals surface area contributed by atoms with Gasteiger partial charge in [-0.2, -0.15) is 0 Å². The minimum atomic E-state index is -1.07. The number of rotatable bonds is 6. The van der Waals surface area contributed by atoms with Gasteiger partial charge in [0.25, 0.3) is 11.5 Å². The van der Waals surface area contributed by atoms with E-state index in [2.05, 4.69) is 15.4 Å². The van der Waals surface area contributed by atoms with Crippen LogP contribution in [-0.2, 0) is 0 Å². The molecule has 0 saturated heterocycles. The van der Waals surface area contributed by atoms with Crippen LogP contribution in [-0.4, -0.2) is 37.3 Å². The van der Waals surface area contributed by atoms with Crippen LogP contribution in [0.4, 0.5) is 4.39 Å². The Morgan fingerprint density at radius 2 is 2.06 bits per heavy atom. The van der Waals surface area contributed by atoms with Gasteiger partial charge in [-0.1, -0.05) is 25.4 Å². The van der Waals surface area contributed by atoms with Gasteiger partial charge in [-0.3, -0.25) is 9.59 Å². The van der Waals surface area contributed by atoms with Crippen molar-refractivity contribution in [1.29, 1.82) is 0 Å². The molecule has 2 heterocycles. The van der Waals surface area contributed by atoms with Gasteiger partial charge in [0.2, 0.25) is 0 Å². The van der Waals surface area contributed by atoms with Crippen molar-refractivity contribution in [2.75, 3.05) is 0 Å². The number of H-pyrrole nitrogens is 1. The number of aliphatic hydroxyl groups is 1. The Labute approximate surface area is 189 Å². The maximum atomic E-state index is 13.9. The normalized spacial score (nSPS) is 15.4. The summed E-state index contributed by atoms with van der Waals surface area (Å²) >= 11 is 5.75. The number of nitrogens with one attached hydrogen (secondary N) is 2. The van der Waals surface area contributed by atoms with Gasteiger partial charge in [-0.25, -0.2) is 8.91 Å². The molecule has 7 nitrogen and oxygen atoms in total. The summed E-state index contributed by atoms with van der Waals surface area (Å²) in [6, 6.07) is 3.74. The van der Waals surface area contributed by atoms with Crippen molar-refractivity contribution in [2.24, 2.45) is 5.92 Å². The van der Waals surface area contributed by atoms with E-state index in [4.69, 9.17) is 11.6 Å². The number of carbonyl (C=O) groups is 1. The van der Waals surface area contributed by atoms with E-state index in [0.717, 1.165) is 12.8 Å². The zero-order valence-corrected chi connectivity index (χ0v) is 19.1. The molecule has 3 aromatic rings. The van der Waals surface area contributed by atoms with Crippen LogP contribution >= 0.6 is 11.6 Å². The van der Waals surface area contributed by atoms with E-state index in [1.165, 1.54) is 22.8 Å². The monoisotopic (exact) mass is 460 g/mol. The molecule has 9 heteroatoms. The fraction of sp³-hybridized carbons (Fsp3) is 0.435. The number of benzene rings is 1. The molecule has 1 aliphatic carbocycles. The van der Waals surface area contributed by atoms with E-state index in [1.807, 2.05) is 13.8 Å². The van der Waals surface area contributed by atoms with Crippen molar-refractivity contribution >= 4 is 23.0 Å². The van der Waals surface area contributed by atoms with Crippen molar-refractivity contribution in [2.45, 2.75) is 58.1 Å². The lowest BCUT2D eigenvalue weighted by Gasteiger charge is -2.30. The highest BCUT2D eigenvalue weighted by Crippen LogP contribution is 2.37. The van der Waals surface area contributed by atoms with E-state index in [1.54, 1.807) is 19.9 Å². The van der Waals surface area contributed by atoms with Gasteiger partial charge in [-0.05, 0) is 56.7 Å². The molecule has 4 rings (SSSR count). The van der Waals surface area contributed by atoms with Gasteiger partial charge in [-0.15, -0.1) is 5.10 Å². The average molecular weight is 461 g/mol. The number of nitrogens with zero attached hydrogens (tertiary/aromatic N) is 2. The number of halogens is 2. The SMILES string of the molecule is CC(C)c1c(C(=O)NC(C2CC2)C(C)(C)O)cn2nc(-c3ccc(Cl)c(F)c3)[nH]c(=O)c12. The third-order valence-corrected chi connectivity index (χ3v) is 6.14. The second kappa shape index (κ2) is 8.01. The highest BCUT2D eigenvalue weighted by atomic mass is 35.5. The number of aromatic amines is 1. The van der Waals surface area contributed by atoms with Crippen LogP contribution in [0.3, 0.4) is 0 Å². The molecule has 0 bridgehead atoms. The Kier molecular flexibility index (Phi) is 5.63. The molecule has 32 heavy (non-hydrogen) atoms. The second-order valence-electron chi connectivity index (χ2n) is 9.28. The van der Waals surface area contributed by atoms with Crippen LogP contribution in [0.25, 0.3) is 16.9 Å². The molecule has 1 fully saturated rings. The summed E-state index contributed by atoms with van der Waals surface area (Å²) in [5, 5.41) is 17.9. The summed E-state index contributed by atoms with van der Waals surface area (Å²) in [6.45, 7) is 7.14. The van der Waals surface area contributed by atoms with Gasteiger partial charge in [0.1, 0.15) is 11.3 Å². The Morgan fingerprint density at radius 1 is 1.38 bits per heavy atom. The smallest absolute Gasteiger partial charge is 0.275 e. The van der Waals surface area contributed by atoms with Crippen LogP contribution < -0.4 is 10.9 Å². The van der Waals surface area contributed by atoms with Gasteiger partial charge >= 0.3 is 0 Å². The first kappa shape index (κ1) is 22.5. The number of hydrogen-bond acceptors (Lipinski definition) is 4. The predicted molar refractivity (Wildman–Crippen MR) is 121 cm³/mol. The fourth-order valence-electron chi connectivity index (χ4n) is 4.17. The Bertz CT molecular complexity index is 1250. The topological polar surface area (TPSA) is 99.5 Å². The fourth-order valence-corrected chi connectivity index (χ4v) is 4.29. The molecule has 1 aliphatic rings. The van der Waals surface area contributed by atoms with Crippen LogP contribution in [0.5, 0.6) is 0 Å². The maximum Gasteiger partial charge on any atom is 0.275 e. The van der Waals surface area contributed by atoms with Gasteiger partial charge in [0.05, 0.1) is 22.2 Å². The summed E-state index contributed by atoms with van der Waals surface area (Å²) in [5.41, 5.74) is -0.00523. The molecular formula is C23H26ClFN4O3. The lowest BCUT2D eigenvalue weighted by atomic mass is 9.93. The number of aromatic nitrogens is 3. The lowest BCUT2D eigenvalue weighted by molar-refractivity contribution is 0.0275. The Hall–Kier alpha value is -2.71. The van der Waals surface area contributed by atoms with E-state index in [-0.39, 0.29) is 34.1 Å². The maximum absolute atomic E-state index is 13.9. The standard InChI is InChI=1S/C23H26ClFN4O3/c1-11(2)17-14(21(30)26-19(12-5-6-12)23(3,4)32)10-29-18(17)22(31)27-20(28-29)13-7-8-15(24)16(25)9-13/h7-12,19,32H,5-6H2,1-4H3,(H,26,30)(H,27,28,31). The molecule has 1 amide bonds. The van der Waals surface area contributed by atoms with E-state index >= 15 is 0 Å². The molecule has 2 aromatic heterocycles. The van der Waals surface area contributed by atoms with Crippen LogP contribution in [0, 0.1) is 11.7 Å². The quantitative estimate of drug-likeness (QED) is 0.519. The summed E-state index contributed by atoms with van der Waals surface area (Å²) in [5.74, 6) is -0.741. The van der Waals surface area contributed by atoms with Gasteiger partial charge < -0.3 is 15.4 Å². The van der Waals surface area contributed by atoms with E-state index in [9.17, 15) is 19.1 Å². The minimum Gasteiger partial charge on any atom is -0.388 e. The molecule has 170 valence electrons. The number of hydrogen-bond donors (Lipinski definition) is 3. The highest BCUT2D eigenvalue weighted by Gasteiger charge is 2.41.